The molecule has 1 aliphatic heterocycles. The van der Waals surface area contributed by atoms with Crippen LogP contribution in [0.5, 0.6) is 0 Å². The Hall–Kier alpha value is -0.120. The second-order valence-electron chi connectivity index (χ2n) is 6.97. The molecule has 2 fully saturated rings. The van der Waals surface area contributed by atoms with Gasteiger partial charge in [-0.2, -0.15) is 0 Å². The number of rotatable bonds is 5. The van der Waals surface area contributed by atoms with E-state index in [9.17, 15) is 0 Å². The Balaban J connectivity index is 1.85. The van der Waals surface area contributed by atoms with Crippen LogP contribution in [0.1, 0.15) is 52.4 Å². The molecule has 0 radical (unpaired) electrons. The van der Waals surface area contributed by atoms with Crippen molar-refractivity contribution in [2.45, 2.75) is 64.5 Å². The van der Waals surface area contributed by atoms with Crippen molar-refractivity contribution in [1.82, 2.24) is 4.90 Å². The SMILES string of the molecule is CC1(C)CCC(CN2CCCC2CCCO)C1N. The lowest BCUT2D eigenvalue weighted by atomic mass is 9.85. The van der Waals surface area contributed by atoms with Crippen molar-refractivity contribution in [3.8, 4) is 0 Å². The summed E-state index contributed by atoms with van der Waals surface area (Å²) in [6.45, 7) is 7.37. The van der Waals surface area contributed by atoms with Gasteiger partial charge in [-0.25, -0.2) is 0 Å². The normalized spacial score (nSPS) is 36.3. The summed E-state index contributed by atoms with van der Waals surface area (Å²) in [5.74, 6) is 0.676. The molecule has 0 amide bonds. The lowest BCUT2D eigenvalue weighted by molar-refractivity contribution is 0.175. The van der Waals surface area contributed by atoms with Crippen molar-refractivity contribution < 1.29 is 5.11 Å². The molecular weight excluding hydrogens is 224 g/mol. The fourth-order valence-corrected chi connectivity index (χ4v) is 3.84. The summed E-state index contributed by atoms with van der Waals surface area (Å²) in [6.07, 6.45) is 7.30. The maximum Gasteiger partial charge on any atom is 0.0431 e. The van der Waals surface area contributed by atoms with Gasteiger partial charge in [0.25, 0.3) is 0 Å². The molecule has 3 unspecified atom stereocenters. The van der Waals surface area contributed by atoms with Crippen molar-refractivity contribution >= 4 is 0 Å². The van der Waals surface area contributed by atoms with Gasteiger partial charge in [-0.15, -0.1) is 0 Å². The van der Waals surface area contributed by atoms with E-state index in [1.54, 1.807) is 0 Å². The van der Waals surface area contributed by atoms with E-state index in [4.69, 9.17) is 10.8 Å². The Morgan fingerprint density at radius 3 is 2.72 bits per heavy atom. The van der Waals surface area contributed by atoms with E-state index in [0.29, 0.717) is 30.0 Å². The molecule has 3 nitrogen and oxygen atoms in total. The van der Waals surface area contributed by atoms with Crippen molar-refractivity contribution in [2.24, 2.45) is 17.1 Å². The molecular formula is C15H30N2O. The highest BCUT2D eigenvalue weighted by molar-refractivity contribution is 4.96. The van der Waals surface area contributed by atoms with Gasteiger partial charge in [0.1, 0.15) is 0 Å². The van der Waals surface area contributed by atoms with Crippen LogP contribution in [0, 0.1) is 11.3 Å². The highest BCUT2D eigenvalue weighted by Crippen LogP contribution is 2.41. The van der Waals surface area contributed by atoms with Crippen molar-refractivity contribution in [3.63, 3.8) is 0 Å². The fraction of sp³-hybridized carbons (Fsp3) is 1.00. The largest absolute Gasteiger partial charge is 0.396 e. The maximum absolute atomic E-state index is 8.97. The Bertz CT molecular complexity index is 267. The van der Waals surface area contributed by atoms with Crippen molar-refractivity contribution in [1.29, 1.82) is 0 Å². The van der Waals surface area contributed by atoms with E-state index in [-0.39, 0.29) is 0 Å². The molecule has 18 heavy (non-hydrogen) atoms. The molecule has 3 atom stereocenters. The Morgan fingerprint density at radius 1 is 1.33 bits per heavy atom. The molecule has 2 aliphatic rings. The van der Waals surface area contributed by atoms with Crippen LogP contribution in [-0.4, -0.2) is 41.8 Å². The summed E-state index contributed by atoms with van der Waals surface area (Å²) in [5.41, 5.74) is 6.74. The zero-order valence-electron chi connectivity index (χ0n) is 12.1. The Labute approximate surface area is 112 Å². The number of aliphatic hydroxyl groups excluding tert-OH is 1. The number of aliphatic hydroxyl groups is 1. The van der Waals surface area contributed by atoms with Crippen molar-refractivity contribution in [3.05, 3.63) is 0 Å². The van der Waals surface area contributed by atoms with Gasteiger partial charge in [0.15, 0.2) is 0 Å². The fourth-order valence-electron chi connectivity index (χ4n) is 3.84. The van der Waals surface area contributed by atoms with Crippen LogP contribution in [0.25, 0.3) is 0 Å². The first-order valence-corrected chi connectivity index (χ1v) is 7.65. The highest BCUT2D eigenvalue weighted by atomic mass is 16.2. The summed E-state index contributed by atoms with van der Waals surface area (Å²) in [6, 6.07) is 1.06. The summed E-state index contributed by atoms with van der Waals surface area (Å²) in [4.78, 5) is 2.64. The quantitative estimate of drug-likeness (QED) is 0.789. The van der Waals surface area contributed by atoms with E-state index >= 15 is 0 Å². The molecule has 0 aromatic rings. The first-order chi connectivity index (χ1) is 8.54. The zero-order valence-corrected chi connectivity index (χ0v) is 12.1. The average molecular weight is 254 g/mol. The minimum absolute atomic E-state index is 0.324. The summed E-state index contributed by atoms with van der Waals surface area (Å²) < 4.78 is 0. The van der Waals surface area contributed by atoms with Gasteiger partial charge in [-0.05, 0) is 56.4 Å². The molecule has 0 spiro atoms. The highest BCUT2D eigenvalue weighted by Gasteiger charge is 2.40. The standard InChI is InChI=1S/C15H30N2O/c1-15(2)8-7-12(14(15)16)11-17-9-3-5-13(17)6-4-10-18/h12-14,18H,3-11,16H2,1-2H3. The molecule has 0 bridgehead atoms. The van der Waals surface area contributed by atoms with Gasteiger partial charge in [0, 0.05) is 25.2 Å². The predicted octanol–water partition coefficient (Wildman–Crippen LogP) is 1.99. The molecule has 0 aromatic carbocycles. The van der Waals surface area contributed by atoms with Gasteiger partial charge >= 0.3 is 0 Å². The Morgan fingerprint density at radius 2 is 2.11 bits per heavy atom. The van der Waals surface area contributed by atoms with Crippen LogP contribution in [0.15, 0.2) is 0 Å². The maximum atomic E-state index is 8.97. The molecule has 2 rings (SSSR count). The van der Waals surface area contributed by atoms with Gasteiger partial charge in [0.2, 0.25) is 0 Å². The van der Waals surface area contributed by atoms with E-state index in [1.807, 2.05) is 0 Å². The van der Waals surface area contributed by atoms with Crippen LogP contribution in [-0.2, 0) is 0 Å². The topological polar surface area (TPSA) is 49.5 Å². The summed E-state index contributed by atoms with van der Waals surface area (Å²) in [7, 11) is 0. The molecule has 106 valence electrons. The lowest BCUT2D eigenvalue weighted by Gasteiger charge is -2.32. The first kappa shape index (κ1) is 14.3. The predicted molar refractivity (Wildman–Crippen MR) is 75.4 cm³/mol. The second kappa shape index (κ2) is 5.89. The number of nitrogens with zero attached hydrogens (tertiary/aromatic N) is 1. The smallest absolute Gasteiger partial charge is 0.0431 e. The second-order valence-corrected chi connectivity index (χ2v) is 6.97. The zero-order chi connectivity index (χ0) is 13.2. The molecule has 1 heterocycles. The third-order valence-corrected chi connectivity index (χ3v) is 5.23. The number of nitrogens with two attached hydrogens (primary N) is 1. The third kappa shape index (κ3) is 3.06. The van der Waals surface area contributed by atoms with Gasteiger partial charge < -0.3 is 15.7 Å². The van der Waals surface area contributed by atoms with Gasteiger partial charge in [-0.3, -0.25) is 0 Å². The van der Waals surface area contributed by atoms with Crippen LogP contribution in [0.3, 0.4) is 0 Å². The molecule has 1 saturated carbocycles. The molecule has 1 aliphatic carbocycles. The Kier molecular flexibility index (Phi) is 4.68. The van der Waals surface area contributed by atoms with E-state index in [1.165, 1.54) is 38.8 Å². The van der Waals surface area contributed by atoms with Crippen LogP contribution < -0.4 is 5.73 Å². The van der Waals surface area contributed by atoms with Gasteiger partial charge in [0.05, 0.1) is 0 Å². The number of hydrogen-bond acceptors (Lipinski definition) is 3. The van der Waals surface area contributed by atoms with Crippen molar-refractivity contribution in [2.75, 3.05) is 19.7 Å². The molecule has 0 aromatic heterocycles. The van der Waals surface area contributed by atoms with Crippen LogP contribution in [0.2, 0.25) is 0 Å². The van der Waals surface area contributed by atoms with Gasteiger partial charge in [-0.1, -0.05) is 13.8 Å². The number of hydrogen-bond donors (Lipinski definition) is 2. The van der Waals surface area contributed by atoms with Crippen LogP contribution >= 0.6 is 0 Å². The first-order valence-electron chi connectivity index (χ1n) is 7.65. The molecule has 3 heteroatoms. The van der Waals surface area contributed by atoms with E-state index in [0.717, 1.165) is 12.8 Å². The third-order valence-electron chi connectivity index (χ3n) is 5.23. The lowest BCUT2D eigenvalue weighted by Crippen LogP contribution is -2.43. The molecule has 3 N–H and O–H groups in total. The monoisotopic (exact) mass is 254 g/mol. The minimum atomic E-state index is 0.324. The van der Waals surface area contributed by atoms with E-state index < -0.39 is 0 Å². The summed E-state index contributed by atoms with van der Waals surface area (Å²) >= 11 is 0. The molecule has 1 saturated heterocycles. The van der Waals surface area contributed by atoms with E-state index in [2.05, 4.69) is 18.7 Å². The van der Waals surface area contributed by atoms with Crippen LogP contribution in [0.4, 0.5) is 0 Å². The summed E-state index contributed by atoms with van der Waals surface area (Å²) in [5, 5.41) is 8.97. The average Bonchev–Trinajstić information content (AvgIpc) is 2.87. The minimum Gasteiger partial charge on any atom is -0.396 e. The number of likely N-dealkylation sites (tertiary alicyclic amines) is 1.